The highest BCUT2D eigenvalue weighted by Crippen LogP contribution is 2.16. The van der Waals surface area contributed by atoms with Crippen LogP contribution in [0.5, 0.6) is 5.75 Å². The van der Waals surface area contributed by atoms with E-state index in [4.69, 9.17) is 13.9 Å². The zero-order chi connectivity index (χ0) is 19.3. The molecule has 0 aliphatic carbocycles. The number of Topliss-reactive ketones (excluding diaryl/α,β-unsaturated/α-hetero) is 1. The van der Waals surface area contributed by atoms with Crippen LogP contribution in [0.25, 0.3) is 10.8 Å². The molecule has 0 radical (unpaired) electrons. The minimum Gasteiger partial charge on any atom is -0.478 e. The van der Waals surface area contributed by atoms with E-state index in [0.29, 0.717) is 31.1 Å². The summed E-state index contributed by atoms with van der Waals surface area (Å²) in [5.74, 6) is 0.419. The van der Waals surface area contributed by atoms with Gasteiger partial charge in [-0.2, -0.15) is 0 Å². The summed E-state index contributed by atoms with van der Waals surface area (Å²) in [6.07, 6.45) is 1.28. The van der Waals surface area contributed by atoms with Crippen LogP contribution in [0.15, 0.2) is 64.0 Å². The number of hydrogen-bond donors (Lipinski definition) is 0. The summed E-state index contributed by atoms with van der Waals surface area (Å²) < 4.78 is 16.2. The second-order valence-electron chi connectivity index (χ2n) is 6.74. The molecule has 0 spiro atoms. The van der Waals surface area contributed by atoms with Gasteiger partial charge < -0.3 is 13.9 Å². The molecule has 1 fully saturated rings. The fourth-order valence-corrected chi connectivity index (χ4v) is 3.20. The smallest absolute Gasteiger partial charge is 0.227 e. The topological polar surface area (TPSA) is 69.0 Å². The van der Waals surface area contributed by atoms with Crippen molar-refractivity contribution in [2.45, 2.75) is 6.54 Å². The minimum atomic E-state index is -0.291. The molecule has 144 valence electrons. The highest BCUT2D eigenvalue weighted by Gasteiger charge is 2.14. The maximum absolute atomic E-state index is 12.4. The van der Waals surface area contributed by atoms with E-state index in [-0.39, 0.29) is 23.6 Å². The lowest BCUT2D eigenvalue weighted by atomic mass is 10.0. The van der Waals surface area contributed by atoms with Crippen molar-refractivity contribution in [3.63, 3.8) is 0 Å². The third kappa shape index (κ3) is 4.30. The van der Waals surface area contributed by atoms with Gasteiger partial charge in [0.15, 0.2) is 12.4 Å². The first-order valence-electron chi connectivity index (χ1n) is 9.26. The van der Waals surface area contributed by atoms with Crippen LogP contribution in [0.4, 0.5) is 0 Å². The van der Waals surface area contributed by atoms with Gasteiger partial charge in [-0.15, -0.1) is 0 Å². The zero-order valence-electron chi connectivity index (χ0n) is 15.4. The van der Waals surface area contributed by atoms with Gasteiger partial charge in [0.2, 0.25) is 11.2 Å². The molecule has 0 unspecified atom stereocenters. The van der Waals surface area contributed by atoms with Crippen molar-refractivity contribution in [2.75, 3.05) is 32.9 Å². The number of nitrogens with zero attached hydrogens (tertiary/aromatic N) is 1. The lowest BCUT2D eigenvalue weighted by Crippen LogP contribution is -2.35. The number of ether oxygens (including phenoxy) is 2. The Kier molecular flexibility index (Phi) is 5.50. The van der Waals surface area contributed by atoms with E-state index in [9.17, 15) is 9.59 Å². The number of fused-ring (bicyclic) bond motifs is 1. The molecular weight excluding hydrogens is 358 g/mol. The van der Waals surface area contributed by atoms with E-state index in [1.807, 2.05) is 36.4 Å². The third-order valence-corrected chi connectivity index (χ3v) is 4.77. The van der Waals surface area contributed by atoms with Gasteiger partial charge in [0, 0.05) is 24.7 Å². The Morgan fingerprint density at radius 1 is 1.04 bits per heavy atom. The number of hydrogen-bond acceptors (Lipinski definition) is 6. The highest BCUT2D eigenvalue weighted by atomic mass is 16.5. The molecule has 4 rings (SSSR count). The van der Waals surface area contributed by atoms with Gasteiger partial charge in [0.1, 0.15) is 12.0 Å². The molecule has 2 aromatic carbocycles. The van der Waals surface area contributed by atoms with E-state index >= 15 is 0 Å². The third-order valence-electron chi connectivity index (χ3n) is 4.77. The molecule has 28 heavy (non-hydrogen) atoms. The van der Waals surface area contributed by atoms with Gasteiger partial charge in [0.25, 0.3) is 0 Å². The molecule has 0 bridgehead atoms. The zero-order valence-corrected chi connectivity index (χ0v) is 15.4. The van der Waals surface area contributed by atoms with E-state index < -0.39 is 0 Å². The Balaban J connectivity index is 1.39. The highest BCUT2D eigenvalue weighted by molar-refractivity contribution is 6.00. The number of carbonyl (C=O) groups is 1. The lowest BCUT2D eigenvalue weighted by Gasteiger charge is -2.25. The second kappa shape index (κ2) is 8.37. The van der Waals surface area contributed by atoms with E-state index in [2.05, 4.69) is 4.90 Å². The standard InChI is InChI=1S/C22H21NO5/c24-20-12-19(13-23-7-9-26-10-8-23)27-15-22(20)28-14-21(25)18-6-5-16-3-1-2-4-17(16)11-18/h1-6,11-12,15H,7-10,13-14H2. The monoisotopic (exact) mass is 379 g/mol. The maximum Gasteiger partial charge on any atom is 0.227 e. The van der Waals surface area contributed by atoms with Crippen LogP contribution < -0.4 is 10.2 Å². The summed E-state index contributed by atoms with van der Waals surface area (Å²) in [5.41, 5.74) is 0.257. The molecule has 6 nitrogen and oxygen atoms in total. The van der Waals surface area contributed by atoms with Gasteiger partial charge in [-0.05, 0) is 16.8 Å². The first-order valence-corrected chi connectivity index (χ1v) is 9.26. The fraction of sp³-hybridized carbons (Fsp3) is 0.273. The number of ketones is 1. The van der Waals surface area contributed by atoms with Crippen LogP contribution in [0.2, 0.25) is 0 Å². The Hall–Kier alpha value is -2.96. The summed E-state index contributed by atoms with van der Waals surface area (Å²) in [7, 11) is 0. The van der Waals surface area contributed by atoms with Crippen LogP contribution in [0, 0.1) is 0 Å². The molecule has 0 N–H and O–H groups in total. The average Bonchev–Trinajstić information content (AvgIpc) is 2.73. The molecule has 0 saturated carbocycles. The summed E-state index contributed by atoms with van der Waals surface area (Å²) in [4.78, 5) is 26.9. The van der Waals surface area contributed by atoms with Crippen LogP contribution >= 0.6 is 0 Å². The van der Waals surface area contributed by atoms with E-state index in [0.717, 1.165) is 23.9 Å². The van der Waals surface area contributed by atoms with Gasteiger partial charge >= 0.3 is 0 Å². The first-order chi connectivity index (χ1) is 13.7. The van der Waals surface area contributed by atoms with Crippen molar-refractivity contribution in [1.29, 1.82) is 0 Å². The van der Waals surface area contributed by atoms with Crippen LogP contribution in [0.1, 0.15) is 16.1 Å². The van der Waals surface area contributed by atoms with E-state index in [1.54, 1.807) is 6.07 Å². The fourth-order valence-electron chi connectivity index (χ4n) is 3.20. The molecule has 6 heteroatoms. The van der Waals surface area contributed by atoms with Crippen molar-refractivity contribution in [1.82, 2.24) is 4.90 Å². The van der Waals surface area contributed by atoms with Crippen molar-refractivity contribution in [2.24, 2.45) is 0 Å². The number of benzene rings is 2. The molecular formula is C22H21NO5. The van der Waals surface area contributed by atoms with Gasteiger partial charge in [-0.25, -0.2) is 0 Å². The maximum atomic E-state index is 12.4. The molecule has 2 heterocycles. The normalized spacial score (nSPS) is 14.9. The lowest BCUT2D eigenvalue weighted by molar-refractivity contribution is 0.0310. The van der Waals surface area contributed by atoms with Crippen molar-refractivity contribution in [3.8, 4) is 5.75 Å². The van der Waals surface area contributed by atoms with Crippen LogP contribution in [-0.2, 0) is 11.3 Å². The van der Waals surface area contributed by atoms with Gasteiger partial charge in [-0.1, -0.05) is 36.4 Å². The van der Waals surface area contributed by atoms with Gasteiger partial charge in [0.05, 0.1) is 19.8 Å². The van der Waals surface area contributed by atoms with Crippen LogP contribution in [0.3, 0.4) is 0 Å². The largest absolute Gasteiger partial charge is 0.478 e. The van der Waals surface area contributed by atoms with Gasteiger partial charge in [-0.3, -0.25) is 14.5 Å². The Morgan fingerprint density at radius 3 is 2.61 bits per heavy atom. The van der Waals surface area contributed by atoms with Crippen LogP contribution in [-0.4, -0.2) is 43.6 Å². The average molecular weight is 379 g/mol. The number of carbonyl (C=O) groups excluding carboxylic acids is 1. The molecule has 0 atom stereocenters. The molecule has 1 saturated heterocycles. The molecule has 1 aliphatic heterocycles. The summed E-state index contributed by atoms with van der Waals surface area (Å²) >= 11 is 0. The van der Waals surface area contributed by atoms with E-state index in [1.165, 1.54) is 12.3 Å². The van der Waals surface area contributed by atoms with Crippen molar-refractivity contribution >= 4 is 16.6 Å². The summed E-state index contributed by atoms with van der Waals surface area (Å²) in [6.45, 7) is 3.32. The quantitative estimate of drug-likeness (QED) is 0.614. The first kappa shape index (κ1) is 18.4. The summed E-state index contributed by atoms with van der Waals surface area (Å²) in [6, 6.07) is 14.7. The molecule has 1 aromatic heterocycles. The Morgan fingerprint density at radius 2 is 1.82 bits per heavy atom. The van der Waals surface area contributed by atoms with Crippen molar-refractivity contribution < 1.29 is 18.7 Å². The molecule has 1 aliphatic rings. The molecule has 0 amide bonds. The SMILES string of the molecule is O=C(COc1coc(CN2CCOCC2)cc1=O)c1ccc2ccccc2c1. The van der Waals surface area contributed by atoms with Crippen molar-refractivity contribution in [3.05, 3.63) is 76.3 Å². The predicted molar refractivity (Wildman–Crippen MR) is 105 cm³/mol. The number of morpholine rings is 1. The summed E-state index contributed by atoms with van der Waals surface area (Å²) in [5, 5.41) is 2.05. The Labute approximate surface area is 162 Å². The second-order valence-corrected chi connectivity index (χ2v) is 6.74. The predicted octanol–water partition coefficient (Wildman–Crippen LogP) is 2.89. The molecule has 3 aromatic rings. The number of rotatable bonds is 6. The minimum absolute atomic E-state index is 0.0415. The Bertz CT molecular complexity index is 1040.